The average molecular weight is 210 g/mol. The smallest absolute Gasteiger partial charge is 0.0949 e. The van der Waals surface area contributed by atoms with E-state index in [1.165, 1.54) is 0 Å². The molecule has 0 aromatic carbocycles. The van der Waals surface area contributed by atoms with Gasteiger partial charge in [0, 0.05) is 23.5 Å². The second kappa shape index (κ2) is 3.94. The Bertz CT molecular complexity index is 289. The van der Waals surface area contributed by atoms with Crippen LogP contribution in [0.4, 0.5) is 0 Å². The van der Waals surface area contributed by atoms with Gasteiger partial charge in [0.15, 0.2) is 0 Å². The normalized spacial score (nSPS) is 15.3. The fourth-order valence-corrected chi connectivity index (χ4v) is 1.70. The van der Waals surface area contributed by atoms with Crippen molar-refractivity contribution < 1.29 is 0 Å². The molecule has 1 aromatic heterocycles. The zero-order valence-corrected chi connectivity index (χ0v) is 10.1. The Kier molecular flexibility index (Phi) is 3.21. The van der Waals surface area contributed by atoms with Gasteiger partial charge in [0.2, 0.25) is 0 Å². The summed E-state index contributed by atoms with van der Waals surface area (Å²) in [5.74, 6) is 0. The number of aromatic nitrogens is 2. The van der Waals surface area contributed by atoms with E-state index in [2.05, 4.69) is 4.98 Å². The van der Waals surface area contributed by atoms with Crippen molar-refractivity contribution in [2.75, 3.05) is 0 Å². The van der Waals surface area contributed by atoms with Gasteiger partial charge in [0.1, 0.15) is 0 Å². The number of imidazole rings is 1. The highest BCUT2D eigenvalue weighted by atomic mass is 15.1. The van der Waals surface area contributed by atoms with E-state index in [-0.39, 0.29) is 17.1 Å². The molecule has 4 nitrogen and oxygen atoms in total. The summed E-state index contributed by atoms with van der Waals surface area (Å²) in [5, 5.41) is 0. The minimum atomic E-state index is -0.308. The van der Waals surface area contributed by atoms with Crippen molar-refractivity contribution in [3.8, 4) is 0 Å². The summed E-state index contributed by atoms with van der Waals surface area (Å²) in [5.41, 5.74) is 11.7. The van der Waals surface area contributed by atoms with Gasteiger partial charge >= 0.3 is 0 Å². The second-order valence-corrected chi connectivity index (χ2v) is 5.54. The largest absolute Gasteiger partial charge is 0.333 e. The molecule has 86 valence electrons. The quantitative estimate of drug-likeness (QED) is 0.786. The van der Waals surface area contributed by atoms with Crippen molar-refractivity contribution in [1.29, 1.82) is 0 Å². The molecule has 4 heteroatoms. The van der Waals surface area contributed by atoms with Crippen molar-refractivity contribution in [2.24, 2.45) is 11.5 Å². The van der Waals surface area contributed by atoms with E-state index >= 15 is 0 Å². The summed E-state index contributed by atoms with van der Waals surface area (Å²) >= 11 is 0. The molecule has 0 bridgehead atoms. The first-order valence-corrected chi connectivity index (χ1v) is 5.25. The van der Waals surface area contributed by atoms with Crippen molar-refractivity contribution >= 4 is 0 Å². The molecule has 0 aliphatic heterocycles. The third kappa shape index (κ3) is 3.64. The van der Waals surface area contributed by atoms with Crippen LogP contribution in [0.1, 0.15) is 40.2 Å². The fraction of sp³-hybridized carbons (Fsp3) is 0.727. The Morgan fingerprint density at radius 1 is 1.27 bits per heavy atom. The van der Waals surface area contributed by atoms with Crippen LogP contribution in [0, 0.1) is 0 Å². The number of nitrogens with two attached hydrogens (primary N) is 2. The van der Waals surface area contributed by atoms with Gasteiger partial charge in [-0.2, -0.15) is 0 Å². The zero-order chi connectivity index (χ0) is 11.7. The number of hydrogen-bond acceptors (Lipinski definition) is 3. The molecular formula is C11H22N4. The van der Waals surface area contributed by atoms with Crippen molar-refractivity contribution in [2.45, 2.75) is 51.2 Å². The van der Waals surface area contributed by atoms with Crippen LogP contribution < -0.4 is 11.5 Å². The SMILES string of the molecule is CC(C)(N)CC(n1ccnc1)C(C)(C)N. The maximum absolute atomic E-state index is 6.17. The molecule has 1 rings (SSSR count). The minimum Gasteiger partial charge on any atom is -0.333 e. The van der Waals surface area contributed by atoms with E-state index in [9.17, 15) is 0 Å². The highest BCUT2D eigenvalue weighted by Gasteiger charge is 2.30. The molecule has 0 aliphatic carbocycles. The van der Waals surface area contributed by atoms with Gasteiger partial charge in [-0.25, -0.2) is 4.98 Å². The first-order chi connectivity index (χ1) is 6.70. The van der Waals surface area contributed by atoms with Crippen LogP contribution in [0.15, 0.2) is 18.7 Å². The number of nitrogens with zero attached hydrogens (tertiary/aromatic N) is 2. The molecule has 1 unspecified atom stereocenters. The van der Waals surface area contributed by atoms with Gasteiger partial charge in [-0.15, -0.1) is 0 Å². The molecule has 0 aliphatic rings. The maximum Gasteiger partial charge on any atom is 0.0949 e. The van der Waals surface area contributed by atoms with E-state index in [4.69, 9.17) is 11.5 Å². The highest BCUT2D eigenvalue weighted by Crippen LogP contribution is 2.27. The summed E-state index contributed by atoms with van der Waals surface area (Å²) < 4.78 is 2.04. The maximum atomic E-state index is 6.17. The zero-order valence-electron chi connectivity index (χ0n) is 10.1. The molecule has 15 heavy (non-hydrogen) atoms. The van der Waals surface area contributed by atoms with Gasteiger partial charge in [0.25, 0.3) is 0 Å². The Morgan fingerprint density at radius 2 is 1.87 bits per heavy atom. The molecule has 4 N–H and O–H groups in total. The molecule has 0 fully saturated rings. The lowest BCUT2D eigenvalue weighted by atomic mass is 9.85. The molecule has 1 aromatic rings. The van der Waals surface area contributed by atoms with Gasteiger partial charge in [-0.3, -0.25) is 0 Å². The predicted octanol–water partition coefficient (Wildman–Crippen LogP) is 1.29. The molecular weight excluding hydrogens is 188 g/mol. The molecule has 0 saturated heterocycles. The molecule has 0 radical (unpaired) electrons. The van der Waals surface area contributed by atoms with E-state index in [0.717, 1.165) is 6.42 Å². The third-order valence-corrected chi connectivity index (χ3v) is 2.46. The van der Waals surface area contributed by atoms with Crippen LogP contribution >= 0.6 is 0 Å². The van der Waals surface area contributed by atoms with Crippen molar-refractivity contribution in [1.82, 2.24) is 9.55 Å². The van der Waals surface area contributed by atoms with Crippen LogP contribution in [0.5, 0.6) is 0 Å². The van der Waals surface area contributed by atoms with Crippen LogP contribution in [-0.2, 0) is 0 Å². The lowest BCUT2D eigenvalue weighted by molar-refractivity contribution is 0.252. The Morgan fingerprint density at radius 3 is 2.20 bits per heavy atom. The van der Waals surface area contributed by atoms with Crippen LogP contribution in [-0.4, -0.2) is 20.6 Å². The molecule has 1 atom stereocenters. The molecule has 1 heterocycles. The first kappa shape index (κ1) is 12.2. The number of hydrogen-bond donors (Lipinski definition) is 2. The summed E-state index contributed by atoms with van der Waals surface area (Å²) in [6.07, 6.45) is 6.32. The highest BCUT2D eigenvalue weighted by molar-refractivity contribution is 4.95. The molecule has 0 saturated carbocycles. The van der Waals surface area contributed by atoms with Gasteiger partial charge in [-0.05, 0) is 34.1 Å². The first-order valence-electron chi connectivity index (χ1n) is 5.25. The number of rotatable bonds is 4. The topological polar surface area (TPSA) is 69.9 Å². The Labute approximate surface area is 91.7 Å². The van der Waals surface area contributed by atoms with Crippen LogP contribution in [0.25, 0.3) is 0 Å². The van der Waals surface area contributed by atoms with Gasteiger partial charge in [-0.1, -0.05) is 0 Å². The summed E-state index contributed by atoms with van der Waals surface area (Å²) in [4.78, 5) is 4.05. The summed E-state index contributed by atoms with van der Waals surface area (Å²) in [7, 11) is 0. The lowest BCUT2D eigenvalue weighted by Crippen LogP contribution is -2.47. The molecule has 0 amide bonds. The third-order valence-electron chi connectivity index (χ3n) is 2.46. The standard InChI is InChI=1S/C11H22N4/c1-10(2,12)7-9(11(3,4)13)15-6-5-14-8-15/h5-6,8-9H,7,12-13H2,1-4H3. The fourth-order valence-electron chi connectivity index (χ4n) is 1.70. The molecule has 0 spiro atoms. The Hall–Kier alpha value is -0.870. The van der Waals surface area contributed by atoms with Crippen LogP contribution in [0.2, 0.25) is 0 Å². The van der Waals surface area contributed by atoms with Gasteiger partial charge < -0.3 is 16.0 Å². The lowest BCUT2D eigenvalue weighted by Gasteiger charge is -2.36. The predicted molar refractivity (Wildman–Crippen MR) is 62.4 cm³/mol. The van der Waals surface area contributed by atoms with Crippen molar-refractivity contribution in [3.05, 3.63) is 18.7 Å². The van der Waals surface area contributed by atoms with Crippen molar-refractivity contribution in [3.63, 3.8) is 0 Å². The minimum absolute atomic E-state index is 0.167. The van der Waals surface area contributed by atoms with E-state index in [1.807, 2.05) is 38.5 Å². The van der Waals surface area contributed by atoms with Gasteiger partial charge in [0.05, 0.1) is 12.4 Å². The summed E-state index contributed by atoms with van der Waals surface area (Å²) in [6.45, 7) is 8.07. The second-order valence-electron chi connectivity index (χ2n) is 5.54. The van der Waals surface area contributed by atoms with E-state index in [1.54, 1.807) is 12.5 Å². The Balaban J connectivity index is 2.90. The monoisotopic (exact) mass is 210 g/mol. The average Bonchev–Trinajstić information content (AvgIpc) is 2.47. The summed E-state index contributed by atoms with van der Waals surface area (Å²) in [6, 6.07) is 0.167. The van der Waals surface area contributed by atoms with E-state index < -0.39 is 0 Å². The van der Waals surface area contributed by atoms with E-state index in [0.29, 0.717) is 0 Å². The van der Waals surface area contributed by atoms with Crippen LogP contribution in [0.3, 0.4) is 0 Å².